The van der Waals surface area contributed by atoms with Gasteiger partial charge < -0.3 is 10.1 Å². The van der Waals surface area contributed by atoms with Crippen molar-refractivity contribution >= 4 is 10.2 Å². The van der Waals surface area contributed by atoms with Gasteiger partial charge in [-0.3, -0.25) is 0 Å². The molecule has 0 unspecified atom stereocenters. The molecule has 0 amide bonds. The first-order valence-corrected chi connectivity index (χ1v) is 7.18. The molecule has 1 atom stereocenters. The molecule has 0 aromatic rings. The Morgan fingerprint density at radius 3 is 2.69 bits per heavy atom. The molecule has 2 N–H and O–H groups in total. The van der Waals surface area contributed by atoms with Crippen molar-refractivity contribution in [3.05, 3.63) is 0 Å². The third-order valence-electron chi connectivity index (χ3n) is 2.92. The standard InChI is InChI=1S/C9H19N3O3S/c13-16(14,12-4-6-15-7-5-12)11-9-2-1-3-10-8-9/h9-11H,1-8H2/t9-/m0/s1. The summed E-state index contributed by atoms with van der Waals surface area (Å²) in [5.41, 5.74) is 0. The van der Waals surface area contributed by atoms with Gasteiger partial charge >= 0.3 is 0 Å². The number of piperidine rings is 1. The fourth-order valence-corrected chi connectivity index (χ4v) is 3.43. The third-order valence-corrected chi connectivity index (χ3v) is 4.60. The summed E-state index contributed by atoms with van der Waals surface area (Å²) in [6, 6.07) is 0.0293. The Morgan fingerprint density at radius 1 is 1.31 bits per heavy atom. The fraction of sp³-hybridized carbons (Fsp3) is 1.00. The van der Waals surface area contributed by atoms with Crippen molar-refractivity contribution < 1.29 is 13.2 Å². The maximum atomic E-state index is 12.0. The molecule has 2 aliphatic rings. The van der Waals surface area contributed by atoms with Crippen LogP contribution in [0.1, 0.15) is 12.8 Å². The Hall–Kier alpha value is -0.210. The Bertz CT molecular complexity index is 308. The van der Waals surface area contributed by atoms with Crippen LogP contribution in [0.15, 0.2) is 0 Å². The SMILES string of the molecule is O=S(=O)(N[C@H]1CCCNC1)N1CCOCC1. The Kier molecular flexibility index (Phi) is 4.15. The molecule has 16 heavy (non-hydrogen) atoms. The van der Waals surface area contributed by atoms with Gasteiger partial charge in [-0.25, -0.2) is 0 Å². The van der Waals surface area contributed by atoms with Gasteiger partial charge in [0.25, 0.3) is 10.2 Å². The number of ether oxygens (including phenoxy) is 1. The first-order valence-electron chi connectivity index (χ1n) is 5.74. The van der Waals surface area contributed by atoms with E-state index in [1.807, 2.05) is 0 Å². The van der Waals surface area contributed by atoms with Crippen LogP contribution in [0.5, 0.6) is 0 Å². The Morgan fingerprint density at radius 2 is 2.06 bits per heavy atom. The minimum absolute atomic E-state index is 0.0293. The summed E-state index contributed by atoms with van der Waals surface area (Å²) >= 11 is 0. The topological polar surface area (TPSA) is 70.7 Å². The quantitative estimate of drug-likeness (QED) is 0.666. The van der Waals surface area contributed by atoms with E-state index in [0.717, 1.165) is 25.9 Å². The van der Waals surface area contributed by atoms with Gasteiger partial charge in [0.2, 0.25) is 0 Å². The minimum atomic E-state index is -3.32. The summed E-state index contributed by atoms with van der Waals surface area (Å²) in [5, 5.41) is 3.19. The molecule has 0 radical (unpaired) electrons. The fourth-order valence-electron chi connectivity index (χ4n) is 2.02. The molecular weight excluding hydrogens is 230 g/mol. The summed E-state index contributed by atoms with van der Waals surface area (Å²) in [7, 11) is -3.32. The normalized spacial score (nSPS) is 29.1. The molecule has 2 rings (SSSR count). The predicted octanol–water partition coefficient (Wildman–Crippen LogP) is -1.09. The average Bonchev–Trinajstić information content (AvgIpc) is 2.31. The molecule has 0 aromatic carbocycles. The van der Waals surface area contributed by atoms with E-state index >= 15 is 0 Å². The lowest BCUT2D eigenvalue weighted by Gasteiger charge is -2.30. The second kappa shape index (κ2) is 5.42. The predicted molar refractivity (Wildman–Crippen MR) is 60.3 cm³/mol. The van der Waals surface area contributed by atoms with E-state index in [1.165, 1.54) is 4.31 Å². The second-order valence-electron chi connectivity index (χ2n) is 4.18. The van der Waals surface area contributed by atoms with Gasteiger partial charge in [-0.2, -0.15) is 17.4 Å². The highest BCUT2D eigenvalue weighted by atomic mass is 32.2. The second-order valence-corrected chi connectivity index (χ2v) is 5.88. The Labute approximate surface area is 96.5 Å². The third kappa shape index (κ3) is 3.14. The number of morpholine rings is 1. The van der Waals surface area contributed by atoms with Gasteiger partial charge in [-0.1, -0.05) is 0 Å². The lowest BCUT2D eigenvalue weighted by molar-refractivity contribution is 0.0722. The van der Waals surface area contributed by atoms with Gasteiger partial charge in [0.15, 0.2) is 0 Å². The maximum Gasteiger partial charge on any atom is 0.279 e. The zero-order chi connectivity index (χ0) is 11.4. The van der Waals surface area contributed by atoms with Crippen molar-refractivity contribution in [1.82, 2.24) is 14.3 Å². The Balaban J connectivity index is 1.90. The average molecular weight is 249 g/mol. The molecule has 0 aromatic heterocycles. The van der Waals surface area contributed by atoms with Crippen LogP contribution in [0.3, 0.4) is 0 Å². The zero-order valence-corrected chi connectivity index (χ0v) is 10.1. The van der Waals surface area contributed by atoms with Crippen LogP contribution in [0.4, 0.5) is 0 Å². The summed E-state index contributed by atoms with van der Waals surface area (Å²) < 4.78 is 33.3. The lowest BCUT2D eigenvalue weighted by atomic mass is 10.1. The highest BCUT2D eigenvalue weighted by molar-refractivity contribution is 7.87. The number of hydrogen-bond donors (Lipinski definition) is 2. The lowest BCUT2D eigenvalue weighted by Crippen LogP contribution is -2.53. The number of nitrogens with one attached hydrogen (secondary N) is 2. The van der Waals surface area contributed by atoms with Gasteiger partial charge in [0, 0.05) is 25.7 Å². The molecule has 0 spiro atoms. The van der Waals surface area contributed by atoms with Crippen LogP contribution in [-0.2, 0) is 14.9 Å². The van der Waals surface area contributed by atoms with E-state index < -0.39 is 10.2 Å². The molecule has 2 saturated heterocycles. The summed E-state index contributed by atoms with van der Waals surface area (Å²) in [4.78, 5) is 0. The highest BCUT2D eigenvalue weighted by Crippen LogP contribution is 2.07. The van der Waals surface area contributed by atoms with E-state index in [0.29, 0.717) is 26.3 Å². The number of hydrogen-bond acceptors (Lipinski definition) is 4. The smallest absolute Gasteiger partial charge is 0.279 e. The molecule has 7 heteroatoms. The monoisotopic (exact) mass is 249 g/mol. The molecule has 0 aliphatic carbocycles. The first kappa shape index (κ1) is 12.3. The van der Waals surface area contributed by atoms with Crippen molar-refractivity contribution in [3.63, 3.8) is 0 Å². The van der Waals surface area contributed by atoms with Crippen LogP contribution in [0, 0.1) is 0 Å². The van der Waals surface area contributed by atoms with Crippen molar-refractivity contribution in [2.75, 3.05) is 39.4 Å². The van der Waals surface area contributed by atoms with E-state index in [1.54, 1.807) is 0 Å². The molecule has 0 bridgehead atoms. The van der Waals surface area contributed by atoms with Crippen LogP contribution in [0.2, 0.25) is 0 Å². The van der Waals surface area contributed by atoms with Crippen LogP contribution in [-0.4, -0.2) is 58.2 Å². The molecule has 94 valence electrons. The summed E-state index contributed by atoms with van der Waals surface area (Å²) in [6.45, 7) is 3.60. The van der Waals surface area contributed by atoms with Crippen LogP contribution >= 0.6 is 0 Å². The van der Waals surface area contributed by atoms with Crippen molar-refractivity contribution in [2.24, 2.45) is 0 Å². The molecular formula is C9H19N3O3S. The molecule has 2 aliphatic heterocycles. The number of rotatable bonds is 3. The maximum absolute atomic E-state index is 12.0. The number of nitrogens with zero attached hydrogens (tertiary/aromatic N) is 1. The molecule has 0 saturated carbocycles. The van der Waals surface area contributed by atoms with E-state index in [4.69, 9.17) is 4.74 Å². The summed E-state index contributed by atoms with van der Waals surface area (Å²) in [6.07, 6.45) is 1.94. The van der Waals surface area contributed by atoms with E-state index in [2.05, 4.69) is 10.0 Å². The first-order chi connectivity index (χ1) is 7.68. The van der Waals surface area contributed by atoms with Crippen molar-refractivity contribution in [3.8, 4) is 0 Å². The van der Waals surface area contributed by atoms with Gasteiger partial charge in [0.05, 0.1) is 13.2 Å². The molecule has 2 heterocycles. The van der Waals surface area contributed by atoms with E-state index in [-0.39, 0.29) is 6.04 Å². The van der Waals surface area contributed by atoms with E-state index in [9.17, 15) is 8.42 Å². The van der Waals surface area contributed by atoms with Crippen molar-refractivity contribution in [2.45, 2.75) is 18.9 Å². The minimum Gasteiger partial charge on any atom is -0.379 e. The molecule has 2 fully saturated rings. The zero-order valence-electron chi connectivity index (χ0n) is 9.31. The van der Waals surface area contributed by atoms with Crippen LogP contribution < -0.4 is 10.0 Å². The van der Waals surface area contributed by atoms with Crippen LogP contribution in [0.25, 0.3) is 0 Å². The largest absolute Gasteiger partial charge is 0.379 e. The summed E-state index contributed by atoms with van der Waals surface area (Å²) in [5.74, 6) is 0. The highest BCUT2D eigenvalue weighted by Gasteiger charge is 2.27. The van der Waals surface area contributed by atoms with Gasteiger partial charge in [-0.05, 0) is 19.4 Å². The van der Waals surface area contributed by atoms with Gasteiger partial charge in [0.1, 0.15) is 0 Å². The van der Waals surface area contributed by atoms with Crippen molar-refractivity contribution in [1.29, 1.82) is 0 Å². The van der Waals surface area contributed by atoms with Gasteiger partial charge in [-0.15, -0.1) is 0 Å². The molecule has 6 nitrogen and oxygen atoms in total.